The van der Waals surface area contributed by atoms with Gasteiger partial charge in [0, 0.05) is 47.3 Å². The molecule has 20 heavy (non-hydrogen) atoms. The SMILES string of the molecule is CCC1CNC(C2CC2)CN1Cc1c(Cl)cccc1Cl. The van der Waals surface area contributed by atoms with Crippen LogP contribution in [0.25, 0.3) is 0 Å². The minimum atomic E-state index is 0.581. The van der Waals surface area contributed by atoms with Crippen molar-refractivity contribution in [2.45, 2.75) is 44.8 Å². The third-order valence-electron chi connectivity index (χ3n) is 4.65. The molecule has 2 fully saturated rings. The summed E-state index contributed by atoms with van der Waals surface area (Å²) in [5.74, 6) is 0.886. The van der Waals surface area contributed by atoms with Crippen molar-refractivity contribution in [1.29, 1.82) is 0 Å². The number of piperazine rings is 1. The van der Waals surface area contributed by atoms with Gasteiger partial charge in [0.25, 0.3) is 0 Å². The molecular formula is C16H22Cl2N2. The highest BCUT2D eigenvalue weighted by Crippen LogP contribution is 2.35. The highest BCUT2D eigenvalue weighted by atomic mass is 35.5. The first-order chi connectivity index (χ1) is 9.69. The molecule has 2 nitrogen and oxygen atoms in total. The van der Waals surface area contributed by atoms with Gasteiger partial charge in [-0.15, -0.1) is 0 Å². The van der Waals surface area contributed by atoms with Crippen molar-refractivity contribution < 1.29 is 0 Å². The summed E-state index contributed by atoms with van der Waals surface area (Å²) in [5.41, 5.74) is 1.07. The van der Waals surface area contributed by atoms with Crippen molar-refractivity contribution in [1.82, 2.24) is 10.2 Å². The fourth-order valence-electron chi connectivity index (χ4n) is 3.18. The predicted octanol–water partition coefficient (Wildman–Crippen LogP) is 3.96. The smallest absolute Gasteiger partial charge is 0.0465 e. The van der Waals surface area contributed by atoms with Gasteiger partial charge in [-0.25, -0.2) is 0 Å². The van der Waals surface area contributed by atoms with E-state index in [4.69, 9.17) is 23.2 Å². The summed E-state index contributed by atoms with van der Waals surface area (Å²) in [6.45, 7) is 5.32. The second-order valence-corrected chi connectivity index (χ2v) is 6.86. The summed E-state index contributed by atoms with van der Waals surface area (Å²) in [7, 11) is 0. The minimum absolute atomic E-state index is 0.581. The third-order valence-corrected chi connectivity index (χ3v) is 5.36. The maximum Gasteiger partial charge on any atom is 0.0465 e. The van der Waals surface area contributed by atoms with Crippen LogP contribution in [-0.2, 0) is 6.54 Å². The van der Waals surface area contributed by atoms with Crippen molar-refractivity contribution in [3.05, 3.63) is 33.8 Å². The van der Waals surface area contributed by atoms with Gasteiger partial charge < -0.3 is 5.32 Å². The fraction of sp³-hybridized carbons (Fsp3) is 0.625. The van der Waals surface area contributed by atoms with Crippen LogP contribution in [0.3, 0.4) is 0 Å². The Morgan fingerprint density at radius 1 is 1.25 bits per heavy atom. The van der Waals surface area contributed by atoms with Gasteiger partial charge in [0.05, 0.1) is 0 Å². The molecule has 3 rings (SSSR count). The molecule has 110 valence electrons. The topological polar surface area (TPSA) is 15.3 Å². The fourth-order valence-corrected chi connectivity index (χ4v) is 3.70. The Hall–Kier alpha value is -0.280. The zero-order valence-electron chi connectivity index (χ0n) is 11.9. The summed E-state index contributed by atoms with van der Waals surface area (Å²) in [6.07, 6.45) is 3.93. The Balaban J connectivity index is 1.75. The maximum atomic E-state index is 6.32. The van der Waals surface area contributed by atoms with Gasteiger partial charge in [-0.3, -0.25) is 4.90 Å². The summed E-state index contributed by atoms with van der Waals surface area (Å²) in [6, 6.07) is 7.02. The molecule has 2 aliphatic rings. The van der Waals surface area contributed by atoms with E-state index in [1.807, 2.05) is 18.2 Å². The standard InChI is InChI=1S/C16H22Cl2N2/c1-2-12-8-19-16(11-6-7-11)10-20(12)9-13-14(17)4-3-5-15(13)18/h3-5,11-12,16,19H,2,6-10H2,1H3. The Morgan fingerprint density at radius 2 is 1.95 bits per heavy atom. The van der Waals surface area contributed by atoms with E-state index < -0.39 is 0 Å². The molecule has 4 heteroatoms. The van der Waals surface area contributed by atoms with Crippen LogP contribution >= 0.6 is 23.2 Å². The molecule has 2 atom stereocenters. The van der Waals surface area contributed by atoms with Crippen molar-refractivity contribution in [3.8, 4) is 0 Å². The van der Waals surface area contributed by atoms with Crippen LogP contribution in [-0.4, -0.2) is 30.1 Å². The van der Waals surface area contributed by atoms with E-state index >= 15 is 0 Å². The van der Waals surface area contributed by atoms with E-state index in [9.17, 15) is 0 Å². The van der Waals surface area contributed by atoms with Crippen molar-refractivity contribution in [3.63, 3.8) is 0 Å². The van der Waals surface area contributed by atoms with Crippen LogP contribution in [0, 0.1) is 5.92 Å². The summed E-state index contributed by atoms with van der Waals surface area (Å²) >= 11 is 12.6. The van der Waals surface area contributed by atoms with Crippen LogP contribution < -0.4 is 5.32 Å². The Bertz CT molecular complexity index is 453. The molecule has 1 N–H and O–H groups in total. The highest BCUT2D eigenvalue weighted by molar-refractivity contribution is 6.35. The molecule has 0 bridgehead atoms. The zero-order valence-corrected chi connectivity index (χ0v) is 13.4. The summed E-state index contributed by atoms with van der Waals surface area (Å²) in [5, 5.41) is 5.29. The van der Waals surface area contributed by atoms with Crippen molar-refractivity contribution in [2.75, 3.05) is 13.1 Å². The number of rotatable bonds is 4. The second kappa shape index (κ2) is 6.23. The number of benzene rings is 1. The molecule has 1 heterocycles. The van der Waals surface area contributed by atoms with Gasteiger partial charge in [0.15, 0.2) is 0 Å². The normalized spacial score (nSPS) is 27.8. The molecule has 1 aromatic carbocycles. The number of nitrogens with zero attached hydrogens (tertiary/aromatic N) is 1. The quantitative estimate of drug-likeness (QED) is 0.905. The van der Waals surface area contributed by atoms with E-state index in [0.717, 1.165) is 47.6 Å². The lowest BCUT2D eigenvalue weighted by Crippen LogP contribution is -2.56. The molecule has 1 aromatic rings. The Kier molecular flexibility index (Phi) is 4.56. The van der Waals surface area contributed by atoms with E-state index in [1.165, 1.54) is 12.8 Å². The van der Waals surface area contributed by atoms with Gasteiger partial charge in [-0.2, -0.15) is 0 Å². The molecule has 2 unspecified atom stereocenters. The van der Waals surface area contributed by atoms with Crippen LogP contribution in [0.5, 0.6) is 0 Å². The molecule has 1 saturated carbocycles. The number of halogens is 2. The maximum absolute atomic E-state index is 6.32. The third kappa shape index (κ3) is 3.14. The van der Waals surface area contributed by atoms with E-state index in [0.29, 0.717) is 12.1 Å². The second-order valence-electron chi connectivity index (χ2n) is 6.04. The first-order valence-corrected chi connectivity index (χ1v) is 8.35. The molecule has 1 saturated heterocycles. The Morgan fingerprint density at radius 3 is 2.55 bits per heavy atom. The monoisotopic (exact) mass is 312 g/mol. The van der Waals surface area contributed by atoms with Crippen LogP contribution in [0.4, 0.5) is 0 Å². The highest BCUT2D eigenvalue weighted by Gasteiger charge is 2.36. The molecular weight excluding hydrogens is 291 g/mol. The van der Waals surface area contributed by atoms with Crippen molar-refractivity contribution >= 4 is 23.2 Å². The lowest BCUT2D eigenvalue weighted by molar-refractivity contribution is 0.112. The van der Waals surface area contributed by atoms with Crippen LogP contribution in [0.2, 0.25) is 10.0 Å². The molecule has 0 aromatic heterocycles. The predicted molar refractivity (Wildman–Crippen MR) is 85.5 cm³/mol. The number of nitrogens with one attached hydrogen (secondary N) is 1. The van der Waals surface area contributed by atoms with Gasteiger partial charge in [0.2, 0.25) is 0 Å². The van der Waals surface area contributed by atoms with E-state index in [2.05, 4.69) is 17.1 Å². The molecule has 0 radical (unpaired) electrons. The van der Waals surface area contributed by atoms with Gasteiger partial charge >= 0.3 is 0 Å². The summed E-state index contributed by atoms with van der Waals surface area (Å²) < 4.78 is 0. The average Bonchev–Trinajstić information content (AvgIpc) is 3.27. The summed E-state index contributed by atoms with van der Waals surface area (Å²) in [4.78, 5) is 2.56. The van der Waals surface area contributed by atoms with Crippen LogP contribution in [0.15, 0.2) is 18.2 Å². The van der Waals surface area contributed by atoms with Crippen molar-refractivity contribution in [2.24, 2.45) is 5.92 Å². The molecule has 1 aliphatic heterocycles. The first kappa shape index (κ1) is 14.6. The lowest BCUT2D eigenvalue weighted by atomic mass is 10.0. The van der Waals surface area contributed by atoms with E-state index in [-0.39, 0.29) is 0 Å². The van der Waals surface area contributed by atoms with Gasteiger partial charge in [0.1, 0.15) is 0 Å². The number of hydrogen-bond acceptors (Lipinski definition) is 2. The molecule has 0 spiro atoms. The van der Waals surface area contributed by atoms with Gasteiger partial charge in [-0.05, 0) is 37.3 Å². The van der Waals surface area contributed by atoms with Crippen LogP contribution in [0.1, 0.15) is 31.7 Å². The zero-order chi connectivity index (χ0) is 14.1. The van der Waals surface area contributed by atoms with Gasteiger partial charge in [-0.1, -0.05) is 36.2 Å². The minimum Gasteiger partial charge on any atom is -0.311 e. The largest absolute Gasteiger partial charge is 0.311 e. The molecule has 1 aliphatic carbocycles. The average molecular weight is 313 g/mol. The molecule has 0 amide bonds. The Labute approximate surface area is 131 Å². The first-order valence-electron chi connectivity index (χ1n) is 7.59. The lowest BCUT2D eigenvalue weighted by Gasteiger charge is -2.40. The van der Waals surface area contributed by atoms with E-state index in [1.54, 1.807) is 0 Å². The number of hydrogen-bond donors (Lipinski definition) is 1.